The zero-order valence-corrected chi connectivity index (χ0v) is 11.3. The molecule has 0 spiro atoms. The Morgan fingerprint density at radius 2 is 2.11 bits per heavy atom. The van der Waals surface area contributed by atoms with Gasteiger partial charge in [0.2, 0.25) is 0 Å². The molecule has 3 nitrogen and oxygen atoms in total. The van der Waals surface area contributed by atoms with Gasteiger partial charge in [-0.2, -0.15) is 0 Å². The highest BCUT2D eigenvalue weighted by Gasteiger charge is 2.07. The molecule has 1 aromatic heterocycles. The number of thiocarbonyl (C=S) groups is 1. The Balaban J connectivity index is 2.37. The van der Waals surface area contributed by atoms with Crippen molar-refractivity contribution in [1.29, 1.82) is 0 Å². The van der Waals surface area contributed by atoms with E-state index in [-0.39, 0.29) is 4.99 Å². The first-order chi connectivity index (χ1) is 8.58. The molecule has 5 heteroatoms. The van der Waals surface area contributed by atoms with Crippen LogP contribution in [-0.2, 0) is 0 Å². The van der Waals surface area contributed by atoms with Gasteiger partial charge in [0.25, 0.3) is 0 Å². The van der Waals surface area contributed by atoms with E-state index < -0.39 is 0 Å². The van der Waals surface area contributed by atoms with Crippen molar-refractivity contribution in [1.82, 2.24) is 4.98 Å². The summed E-state index contributed by atoms with van der Waals surface area (Å²) in [5, 5.41) is 3.97. The molecule has 0 aliphatic carbocycles. The van der Waals surface area contributed by atoms with E-state index in [9.17, 15) is 0 Å². The first-order valence-corrected chi connectivity index (χ1v) is 6.14. The lowest BCUT2D eigenvalue weighted by molar-refractivity contribution is 1.28. The first kappa shape index (κ1) is 12.8. The zero-order valence-electron chi connectivity index (χ0n) is 9.77. The molecule has 92 valence electrons. The number of aromatic nitrogens is 1. The van der Waals surface area contributed by atoms with Gasteiger partial charge in [-0.25, -0.2) is 0 Å². The number of nitrogens with zero attached hydrogens (tertiary/aromatic N) is 1. The fourth-order valence-electron chi connectivity index (χ4n) is 1.61. The molecule has 1 aromatic carbocycles. The molecular weight excluding hydrogens is 266 g/mol. The molecule has 2 rings (SSSR count). The van der Waals surface area contributed by atoms with Gasteiger partial charge in [0.05, 0.1) is 5.69 Å². The molecular formula is C13H12ClN3S. The third-order valence-electron chi connectivity index (χ3n) is 2.50. The number of nitrogens with one attached hydrogen (secondary N) is 1. The molecule has 0 aliphatic rings. The lowest BCUT2D eigenvalue weighted by Crippen LogP contribution is -2.14. The minimum atomic E-state index is 0.268. The number of benzene rings is 1. The molecule has 0 radical (unpaired) electrons. The molecule has 0 saturated heterocycles. The normalized spacial score (nSPS) is 10.1. The van der Waals surface area contributed by atoms with E-state index in [0.29, 0.717) is 10.7 Å². The molecule has 1 heterocycles. The maximum Gasteiger partial charge on any atom is 0.124 e. The zero-order chi connectivity index (χ0) is 13.1. The van der Waals surface area contributed by atoms with Crippen LogP contribution < -0.4 is 11.1 Å². The predicted molar refractivity (Wildman–Crippen MR) is 79.6 cm³/mol. The standard InChI is InChI=1S/C13H12ClN3S/c1-8-7-9(14)4-5-10(8)17-11-3-2-6-16-12(11)13(15)18/h2-7,17H,1H3,(H2,15,18). The van der Waals surface area contributed by atoms with E-state index in [2.05, 4.69) is 10.3 Å². The Labute approximate surface area is 116 Å². The lowest BCUT2D eigenvalue weighted by atomic mass is 10.2. The molecule has 18 heavy (non-hydrogen) atoms. The summed E-state index contributed by atoms with van der Waals surface area (Å²) in [6, 6.07) is 9.34. The largest absolute Gasteiger partial charge is 0.388 e. The lowest BCUT2D eigenvalue weighted by Gasteiger charge is -2.12. The Morgan fingerprint density at radius 3 is 2.78 bits per heavy atom. The topological polar surface area (TPSA) is 50.9 Å². The highest BCUT2D eigenvalue weighted by atomic mass is 35.5. The number of hydrogen-bond donors (Lipinski definition) is 2. The molecule has 2 aromatic rings. The number of halogens is 1. The van der Waals surface area contributed by atoms with Gasteiger partial charge in [-0.3, -0.25) is 4.98 Å². The number of pyridine rings is 1. The molecule has 0 amide bonds. The van der Waals surface area contributed by atoms with E-state index in [4.69, 9.17) is 29.6 Å². The van der Waals surface area contributed by atoms with E-state index >= 15 is 0 Å². The van der Waals surface area contributed by atoms with Crippen LogP contribution in [0.25, 0.3) is 0 Å². The summed E-state index contributed by atoms with van der Waals surface area (Å²) in [6.45, 7) is 1.98. The van der Waals surface area contributed by atoms with Gasteiger partial charge in [-0.15, -0.1) is 0 Å². The smallest absolute Gasteiger partial charge is 0.124 e. The van der Waals surface area contributed by atoms with Gasteiger partial charge < -0.3 is 11.1 Å². The summed E-state index contributed by atoms with van der Waals surface area (Å²) < 4.78 is 0. The van der Waals surface area contributed by atoms with Crippen molar-refractivity contribution in [3.8, 4) is 0 Å². The van der Waals surface area contributed by atoms with Crippen LogP contribution in [-0.4, -0.2) is 9.97 Å². The van der Waals surface area contributed by atoms with Crippen molar-refractivity contribution in [2.75, 3.05) is 5.32 Å². The van der Waals surface area contributed by atoms with Crippen molar-refractivity contribution in [2.24, 2.45) is 5.73 Å². The minimum absolute atomic E-state index is 0.268. The number of rotatable bonds is 3. The molecule has 3 N–H and O–H groups in total. The number of hydrogen-bond acceptors (Lipinski definition) is 3. The summed E-state index contributed by atoms with van der Waals surface area (Å²) in [5.41, 5.74) is 9.00. The Bertz CT molecular complexity index is 599. The highest BCUT2D eigenvalue weighted by Crippen LogP contribution is 2.24. The van der Waals surface area contributed by atoms with Gasteiger partial charge in [-0.05, 0) is 42.8 Å². The van der Waals surface area contributed by atoms with E-state index in [1.807, 2.05) is 37.3 Å². The number of nitrogens with two attached hydrogens (primary N) is 1. The minimum Gasteiger partial charge on any atom is -0.388 e. The average Bonchev–Trinajstić information content (AvgIpc) is 2.33. The third kappa shape index (κ3) is 2.78. The van der Waals surface area contributed by atoms with Gasteiger partial charge in [0, 0.05) is 16.9 Å². The summed E-state index contributed by atoms with van der Waals surface area (Å²) >= 11 is 10.9. The fourth-order valence-corrected chi connectivity index (χ4v) is 2.00. The fraction of sp³-hybridized carbons (Fsp3) is 0.0769. The Hall–Kier alpha value is -1.65. The Morgan fingerprint density at radius 1 is 1.33 bits per heavy atom. The second kappa shape index (κ2) is 5.33. The maximum atomic E-state index is 5.92. The van der Waals surface area contributed by atoms with Crippen molar-refractivity contribution >= 4 is 40.2 Å². The van der Waals surface area contributed by atoms with Crippen LogP contribution in [0.1, 0.15) is 11.3 Å². The van der Waals surface area contributed by atoms with Crippen molar-refractivity contribution < 1.29 is 0 Å². The van der Waals surface area contributed by atoms with Crippen LogP contribution in [0.4, 0.5) is 11.4 Å². The predicted octanol–water partition coefficient (Wildman–Crippen LogP) is 3.42. The molecule has 0 aliphatic heterocycles. The van der Waals surface area contributed by atoms with E-state index in [0.717, 1.165) is 16.9 Å². The Kier molecular flexibility index (Phi) is 3.79. The van der Waals surface area contributed by atoms with Crippen LogP contribution >= 0.6 is 23.8 Å². The van der Waals surface area contributed by atoms with Gasteiger partial charge in [0.1, 0.15) is 10.7 Å². The first-order valence-electron chi connectivity index (χ1n) is 5.36. The third-order valence-corrected chi connectivity index (χ3v) is 2.93. The summed E-state index contributed by atoms with van der Waals surface area (Å²) in [7, 11) is 0. The van der Waals surface area contributed by atoms with Crippen molar-refractivity contribution in [3.05, 3.63) is 52.8 Å². The molecule has 0 atom stereocenters. The summed E-state index contributed by atoms with van der Waals surface area (Å²) in [6.07, 6.45) is 1.66. The van der Waals surface area contributed by atoms with Gasteiger partial charge >= 0.3 is 0 Å². The van der Waals surface area contributed by atoms with Crippen LogP contribution in [0.5, 0.6) is 0 Å². The van der Waals surface area contributed by atoms with Gasteiger partial charge in [-0.1, -0.05) is 23.8 Å². The summed E-state index contributed by atoms with van der Waals surface area (Å²) in [5.74, 6) is 0. The number of aryl methyl sites for hydroxylation is 1. The highest BCUT2D eigenvalue weighted by molar-refractivity contribution is 7.80. The second-order valence-electron chi connectivity index (χ2n) is 3.85. The van der Waals surface area contributed by atoms with Gasteiger partial charge in [0.15, 0.2) is 0 Å². The van der Waals surface area contributed by atoms with Crippen LogP contribution in [0.15, 0.2) is 36.5 Å². The molecule has 0 saturated carbocycles. The maximum absolute atomic E-state index is 5.92. The quantitative estimate of drug-likeness (QED) is 0.844. The van der Waals surface area contributed by atoms with Crippen LogP contribution in [0.3, 0.4) is 0 Å². The molecule has 0 unspecified atom stereocenters. The van der Waals surface area contributed by atoms with Crippen molar-refractivity contribution in [2.45, 2.75) is 6.92 Å². The number of anilines is 2. The van der Waals surface area contributed by atoms with E-state index in [1.54, 1.807) is 6.20 Å². The monoisotopic (exact) mass is 277 g/mol. The van der Waals surface area contributed by atoms with E-state index in [1.165, 1.54) is 0 Å². The SMILES string of the molecule is Cc1cc(Cl)ccc1Nc1cccnc1C(N)=S. The average molecular weight is 278 g/mol. The van der Waals surface area contributed by atoms with Crippen LogP contribution in [0, 0.1) is 6.92 Å². The second-order valence-corrected chi connectivity index (χ2v) is 4.72. The summed E-state index contributed by atoms with van der Waals surface area (Å²) in [4.78, 5) is 4.44. The molecule has 0 bridgehead atoms. The molecule has 0 fully saturated rings. The van der Waals surface area contributed by atoms with Crippen molar-refractivity contribution in [3.63, 3.8) is 0 Å². The van der Waals surface area contributed by atoms with Crippen LogP contribution in [0.2, 0.25) is 5.02 Å².